The molecule has 1 N–H and O–H groups in total. The van der Waals surface area contributed by atoms with Gasteiger partial charge in [0.25, 0.3) is 0 Å². The minimum Gasteiger partial charge on any atom is -0.487 e. The summed E-state index contributed by atoms with van der Waals surface area (Å²) in [5.74, 6) is -0.0783. The van der Waals surface area contributed by atoms with E-state index in [1.165, 1.54) is 15.9 Å². The number of nitrogens with zero attached hydrogens (tertiary/aromatic N) is 2. The monoisotopic (exact) mass is 502 g/mol. The first-order chi connectivity index (χ1) is 16.7. The van der Waals surface area contributed by atoms with E-state index in [0.29, 0.717) is 24.4 Å². The first-order valence-corrected chi connectivity index (χ1v) is 13.7. The number of aliphatic hydroxyl groups is 1. The Bertz CT molecular complexity index is 1180. The number of aliphatic hydroxyl groups excluding tert-OH is 1. The van der Waals surface area contributed by atoms with Gasteiger partial charge in [0.15, 0.2) is 0 Å². The third kappa shape index (κ3) is 5.61. The first kappa shape index (κ1) is 25.8. The third-order valence-corrected chi connectivity index (χ3v) is 8.99. The van der Waals surface area contributed by atoms with Crippen LogP contribution in [-0.2, 0) is 16.6 Å². The van der Waals surface area contributed by atoms with Crippen LogP contribution in [0, 0.1) is 11.7 Å². The Labute approximate surface area is 208 Å². The van der Waals surface area contributed by atoms with Crippen LogP contribution in [-0.4, -0.2) is 61.6 Å². The van der Waals surface area contributed by atoms with Crippen molar-refractivity contribution in [3.8, 4) is 5.75 Å². The second-order valence-corrected chi connectivity index (χ2v) is 11.7. The maximum Gasteiger partial charge on any atom is 0.247 e. The van der Waals surface area contributed by atoms with E-state index in [2.05, 4.69) is 6.08 Å². The van der Waals surface area contributed by atoms with Crippen molar-refractivity contribution in [1.82, 2.24) is 9.21 Å². The molecule has 0 saturated carbocycles. The summed E-state index contributed by atoms with van der Waals surface area (Å²) < 4.78 is 49.3. The number of rotatable bonds is 7. The number of ether oxygens (including phenoxy) is 1. The molecular formula is C27H35FN2O4S. The van der Waals surface area contributed by atoms with Gasteiger partial charge in [-0.05, 0) is 62.6 Å². The van der Waals surface area contributed by atoms with Gasteiger partial charge in [-0.1, -0.05) is 37.3 Å². The summed E-state index contributed by atoms with van der Waals surface area (Å²) in [7, 11) is -1.96. The van der Waals surface area contributed by atoms with Crippen molar-refractivity contribution in [2.75, 3.05) is 26.7 Å². The molecule has 1 aliphatic carbocycles. The number of hydrogen-bond acceptors (Lipinski definition) is 5. The number of benzene rings is 2. The molecule has 2 aromatic rings. The number of sulfonamides is 1. The van der Waals surface area contributed by atoms with Crippen LogP contribution in [0.4, 0.5) is 4.39 Å². The second kappa shape index (κ2) is 10.8. The standard InChI is InChI=1S/C27H35FN2O4S/c1-19-15-30(20(2)18-31)35(32,33)27-13-12-22(21-8-4-5-9-21)14-25(27)34-26(19)17-29(3)16-23-10-6-7-11-24(23)28/h6-8,10-14,19-20,26,31H,4-5,9,15-18H2,1-3H3/t19-,20-,26-/m1/s1. The minimum absolute atomic E-state index is 0.119. The fraction of sp³-hybridized carbons (Fsp3) is 0.481. The SMILES string of the molecule is C[C@@H]1CN([C@H](C)CO)S(=O)(=O)c2ccc(C3=CCCC3)cc2O[C@@H]1CN(C)Cc1ccccc1F. The van der Waals surface area contributed by atoms with Gasteiger partial charge >= 0.3 is 0 Å². The molecule has 0 spiro atoms. The molecule has 8 heteroatoms. The Morgan fingerprint density at radius 2 is 2.03 bits per heavy atom. The van der Waals surface area contributed by atoms with Crippen molar-refractivity contribution in [2.45, 2.75) is 56.7 Å². The van der Waals surface area contributed by atoms with Gasteiger partial charge in [0, 0.05) is 37.2 Å². The summed E-state index contributed by atoms with van der Waals surface area (Å²) in [6.07, 6.45) is 4.94. The van der Waals surface area contributed by atoms with Crippen molar-refractivity contribution in [1.29, 1.82) is 0 Å². The molecule has 1 heterocycles. The quantitative estimate of drug-likeness (QED) is 0.612. The highest BCUT2D eigenvalue weighted by molar-refractivity contribution is 7.89. The molecule has 2 aliphatic rings. The second-order valence-electron chi connectivity index (χ2n) is 9.81. The number of hydrogen-bond donors (Lipinski definition) is 1. The Kier molecular flexibility index (Phi) is 7.96. The van der Waals surface area contributed by atoms with E-state index in [0.717, 1.165) is 24.8 Å². The van der Waals surface area contributed by atoms with Gasteiger partial charge in [-0.25, -0.2) is 12.8 Å². The van der Waals surface area contributed by atoms with Crippen molar-refractivity contribution in [2.24, 2.45) is 5.92 Å². The van der Waals surface area contributed by atoms with Crippen LogP contribution in [0.5, 0.6) is 5.75 Å². The van der Waals surface area contributed by atoms with E-state index in [9.17, 15) is 17.9 Å². The van der Waals surface area contributed by atoms with Crippen LogP contribution in [0.1, 0.15) is 44.2 Å². The molecule has 0 unspecified atom stereocenters. The lowest BCUT2D eigenvalue weighted by molar-refractivity contribution is 0.0731. The summed E-state index contributed by atoms with van der Waals surface area (Å²) in [4.78, 5) is 2.12. The lowest BCUT2D eigenvalue weighted by Crippen LogP contribution is -2.49. The predicted octanol–water partition coefficient (Wildman–Crippen LogP) is 4.29. The number of halogens is 1. The molecule has 0 radical (unpaired) electrons. The normalized spacial score (nSPS) is 23.2. The van der Waals surface area contributed by atoms with Crippen molar-refractivity contribution >= 4 is 15.6 Å². The van der Waals surface area contributed by atoms with Gasteiger partial charge in [0.1, 0.15) is 22.6 Å². The molecular weight excluding hydrogens is 467 g/mol. The van der Waals surface area contributed by atoms with Crippen LogP contribution < -0.4 is 4.74 Å². The van der Waals surface area contributed by atoms with Crippen molar-refractivity contribution < 1.29 is 22.7 Å². The predicted molar refractivity (Wildman–Crippen MR) is 135 cm³/mol. The van der Waals surface area contributed by atoms with Gasteiger partial charge in [0.05, 0.1) is 6.61 Å². The lowest BCUT2D eigenvalue weighted by atomic mass is 10.0. The lowest BCUT2D eigenvalue weighted by Gasteiger charge is -2.37. The Hall–Kier alpha value is -2.26. The maximum atomic E-state index is 14.2. The fourth-order valence-corrected chi connectivity index (χ4v) is 6.69. The molecule has 4 rings (SSSR count). The molecule has 190 valence electrons. The highest BCUT2D eigenvalue weighted by atomic mass is 32.2. The Morgan fingerprint density at radius 3 is 2.71 bits per heavy atom. The summed E-state index contributed by atoms with van der Waals surface area (Å²) >= 11 is 0. The van der Waals surface area contributed by atoms with Gasteiger partial charge in [0.2, 0.25) is 10.0 Å². The zero-order chi connectivity index (χ0) is 25.2. The molecule has 2 aromatic carbocycles. The molecule has 0 amide bonds. The van der Waals surface area contributed by atoms with E-state index < -0.39 is 16.1 Å². The molecule has 0 fully saturated rings. The van der Waals surface area contributed by atoms with Gasteiger partial charge < -0.3 is 9.84 Å². The van der Waals surface area contributed by atoms with Gasteiger partial charge in [-0.2, -0.15) is 4.31 Å². The van der Waals surface area contributed by atoms with Gasteiger partial charge in [-0.3, -0.25) is 4.90 Å². The molecule has 0 bridgehead atoms. The fourth-order valence-electron chi connectivity index (χ4n) is 4.87. The Balaban J connectivity index is 1.69. The number of allylic oxidation sites excluding steroid dienone is 2. The van der Waals surface area contributed by atoms with Crippen LogP contribution in [0.2, 0.25) is 0 Å². The van der Waals surface area contributed by atoms with Crippen LogP contribution in [0.15, 0.2) is 53.4 Å². The van der Waals surface area contributed by atoms with E-state index in [-0.39, 0.29) is 35.9 Å². The number of likely N-dealkylation sites (N-methyl/N-ethyl adjacent to an activating group) is 1. The zero-order valence-corrected chi connectivity index (χ0v) is 21.5. The molecule has 6 nitrogen and oxygen atoms in total. The Morgan fingerprint density at radius 1 is 1.26 bits per heavy atom. The largest absolute Gasteiger partial charge is 0.487 e. The molecule has 1 aliphatic heterocycles. The van der Waals surface area contributed by atoms with Crippen molar-refractivity contribution in [3.05, 3.63) is 65.5 Å². The highest BCUT2D eigenvalue weighted by Crippen LogP contribution is 2.37. The molecule has 3 atom stereocenters. The van der Waals surface area contributed by atoms with E-state index in [4.69, 9.17) is 4.74 Å². The smallest absolute Gasteiger partial charge is 0.247 e. The zero-order valence-electron chi connectivity index (χ0n) is 20.7. The summed E-state index contributed by atoms with van der Waals surface area (Å²) in [6.45, 7) is 4.52. The summed E-state index contributed by atoms with van der Waals surface area (Å²) in [5, 5.41) is 9.82. The third-order valence-electron chi connectivity index (χ3n) is 6.97. The molecule has 0 aromatic heterocycles. The molecule has 35 heavy (non-hydrogen) atoms. The van der Waals surface area contributed by atoms with Crippen LogP contribution >= 0.6 is 0 Å². The van der Waals surface area contributed by atoms with Crippen LogP contribution in [0.25, 0.3) is 5.57 Å². The highest BCUT2D eigenvalue weighted by Gasteiger charge is 2.38. The van der Waals surface area contributed by atoms with E-state index in [1.807, 2.05) is 37.1 Å². The summed E-state index contributed by atoms with van der Waals surface area (Å²) in [6, 6.07) is 11.5. The summed E-state index contributed by atoms with van der Waals surface area (Å²) in [5.41, 5.74) is 2.78. The topological polar surface area (TPSA) is 70.1 Å². The van der Waals surface area contributed by atoms with Gasteiger partial charge in [-0.15, -0.1) is 0 Å². The van der Waals surface area contributed by atoms with Crippen LogP contribution in [0.3, 0.4) is 0 Å². The van der Waals surface area contributed by atoms with E-state index in [1.54, 1.807) is 25.1 Å². The van der Waals surface area contributed by atoms with Crippen molar-refractivity contribution in [3.63, 3.8) is 0 Å². The number of fused-ring (bicyclic) bond motifs is 1. The first-order valence-electron chi connectivity index (χ1n) is 12.3. The minimum atomic E-state index is -3.87. The molecule has 0 saturated heterocycles. The van der Waals surface area contributed by atoms with E-state index >= 15 is 0 Å². The maximum absolute atomic E-state index is 14.2. The average molecular weight is 503 g/mol. The average Bonchev–Trinajstić information content (AvgIpc) is 3.37.